The van der Waals surface area contributed by atoms with Gasteiger partial charge in [-0.3, -0.25) is 4.79 Å². The van der Waals surface area contributed by atoms with Gasteiger partial charge in [0.1, 0.15) is 0 Å². The SMILES string of the molecule is CC1CC(=O)N2CCCc3cccc1c32. The van der Waals surface area contributed by atoms with Crippen LogP contribution in [-0.4, -0.2) is 12.5 Å². The minimum Gasteiger partial charge on any atom is -0.312 e. The van der Waals surface area contributed by atoms with Gasteiger partial charge in [0.05, 0.1) is 5.69 Å². The second-order valence-electron chi connectivity index (χ2n) is 4.61. The van der Waals surface area contributed by atoms with Gasteiger partial charge in [-0.15, -0.1) is 0 Å². The van der Waals surface area contributed by atoms with Crippen LogP contribution in [0.5, 0.6) is 0 Å². The Hall–Kier alpha value is -1.31. The largest absolute Gasteiger partial charge is 0.312 e. The van der Waals surface area contributed by atoms with Crippen LogP contribution >= 0.6 is 0 Å². The highest BCUT2D eigenvalue weighted by molar-refractivity contribution is 5.98. The van der Waals surface area contributed by atoms with Crippen LogP contribution in [0.2, 0.25) is 0 Å². The molecule has 1 aromatic rings. The van der Waals surface area contributed by atoms with Crippen LogP contribution in [0.1, 0.15) is 36.8 Å². The Balaban J connectivity index is 2.23. The van der Waals surface area contributed by atoms with E-state index in [0.717, 1.165) is 19.4 Å². The van der Waals surface area contributed by atoms with Gasteiger partial charge in [-0.25, -0.2) is 0 Å². The van der Waals surface area contributed by atoms with Crippen molar-refractivity contribution in [1.82, 2.24) is 0 Å². The zero-order chi connectivity index (χ0) is 10.4. The Morgan fingerprint density at radius 2 is 2.27 bits per heavy atom. The standard InChI is InChI=1S/C13H15NO/c1-9-8-12(15)14-7-3-5-10-4-2-6-11(9)13(10)14/h2,4,6,9H,3,5,7-8H2,1H3. The van der Waals surface area contributed by atoms with E-state index in [0.29, 0.717) is 18.2 Å². The maximum atomic E-state index is 11.9. The first-order chi connectivity index (χ1) is 7.27. The zero-order valence-electron chi connectivity index (χ0n) is 8.99. The molecule has 0 saturated carbocycles. The van der Waals surface area contributed by atoms with E-state index in [2.05, 4.69) is 25.1 Å². The van der Waals surface area contributed by atoms with Crippen molar-refractivity contribution in [2.24, 2.45) is 0 Å². The van der Waals surface area contributed by atoms with Gasteiger partial charge in [0.15, 0.2) is 0 Å². The van der Waals surface area contributed by atoms with Gasteiger partial charge >= 0.3 is 0 Å². The molecule has 2 aliphatic rings. The molecule has 0 spiro atoms. The predicted octanol–water partition coefficient (Wildman–Crippen LogP) is 2.47. The Bertz CT molecular complexity index is 425. The van der Waals surface area contributed by atoms with Crippen molar-refractivity contribution in [3.8, 4) is 0 Å². The smallest absolute Gasteiger partial charge is 0.227 e. The number of para-hydroxylation sites is 1. The highest BCUT2D eigenvalue weighted by Crippen LogP contribution is 2.40. The van der Waals surface area contributed by atoms with Gasteiger partial charge in [0.2, 0.25) is 5.91 Å². The third-order valence-electron chi connectivity index (χ3n) is 3.56. The van der Waals surface area contributed by atoms with Crippen LogP contribution < -0.4 is 4.90 Å². The summed E-state index contributed by atoms with van der Waals surface area (Å²) in [4.78, 5) is 13.9. The lowest BCUT2D eigenvalue weighted by Gasteiger charge is -2.37. The lowest BCUT2D eigenvalue weighted by atomic mass is 9.86. The number of nitrogens with zero attached hydrogens (tertiary/aromatic N) is 1. The molecule has 0 aliphatic carbocycles. The zero-order valence-corrected chi connectivity index (χ0v) is 8.99. The Labute approximate surface area is 89.9 Å². The molecule has 15 heavy (non-hydrogen) atoms. The summed E-state index contributed by atoms with van der Waals surface area (Å²) in [6.07, 6.45) is 2.91. The molecule has 78 valence electrons. The molecule has 0 fully saturated rings. The summed E-state index contributed by atoms with van der Waals surface area (Å²) in [6, 6.07) is 6.47. The fourth-order valence-corrected chi connectivity index (χ4v) is 2.81. The van der Waals surface area contributed by atoms with Crippen LogP contribution in [0.4, 0.5) is 5.69 Å². The molecule has 2 heterocycles. The van der Waals surface area contributed by atoms with Gasteiger partial charge in [-0.2, -0.15) is 0 Å². The summed E-state index contributed by atoms with van der Waals surface area (Å²) in [7, 11) is 0. The van der Waals surface area contributed by atoms with Crippen molar-refractivity contribution >= 4 is 11.6 Å². The first kappa shape index (κ1) is 8.96. The van der Waals surface area contributed by atoms with E-state index in [9.17, 15) is 4.79 Å². The number of hydrogen-bond donors (Lipinski definition) is 0. The molecule has 2 aliphatic heterocycles. The molecule has 0 N–H and O–H groups in total. The third-order valence-corrected chi connectivity index (χ3v) is 3.56. The fourth-order valence-electron chi connectivity index (χ4n) is 2.81. The van der Waals surface area contributed by atoms with Crippen LogP contribution in [0, 0.1) is 0 Å². The summed E-state index contributed by atoms with van der Waals surface area (Å²) in [6.45, 7) is 3.06. The van der Waals surface area contributed by atoms with Crippen molar-refractivity contribution in [1.29, 1.82) is 0 Å². The number of amides is 1. The van der Waals surface area contributed by atoms with Crippen LogP contribution in [0.25, 0.3) is 0 Å². The number of aryl methyl sites for hydroxylation is 1. The molecule has 1 unspecified atom stereocenters. The van der Waals surface area contributed by atoms with E-state index >= 15 is 0 Å². The van der Waals surface area contributed by atoms with Gasteiger partial charge < -0.3 is 4.90 Å². The van der Waals surface area contributed by atoms with Crippen molar-refractivity contribution in [3.05, 3.63) is 29.3 Å². The normalized spacial score (nSPS) is 23.9. The summed E-state index contributed by atoms with van der Waals surface area (Å²) in [5, 5.41) is 0. The number of anilines is 1. The molecule has 1 amide bonds. The molecular weight excluding hydrogens is 186 g/mol. The Kier molecular flexibility index (Phi) is 1.84. The number of carbonyl (C=O) groups excluding carboxylic acids is 1. The molecule has 2 heteroatoms. The van der Waals surface area contributed by atoms with E-state index in [-0.39, 0.29) is 0 Å². The number of carbonyl (C=O) groups is 1. The molecular formula is C13H15NO. The molecule has 0 radical (unpaired) electrons. The van der Waals surface area contributed by atoms with Crippen LogP contribution in [-0.2, 0) is 11.2 Å². The molecule has 1 atom stereocenters. The molecule has 0 aromatic heterocycles. The highest BCUT2D eigenvalue weighted by Gasteiger charge is 2.32. The van der Waals surface area contributed by atoms with Gasteiger partial charge in [-0.05, 0) is 29.9 Å². The van der Waals surface area contributed by atoms with Crippen molar-refractivity contribution in [3.63, 3.8) is 0 Å². The van der Waals surface area contributed by atoms with Gasteiger partial charge in [-0.1, -0.05) is 25.1 Å². The van der Waals surface area contributed by atoms with E-state index in [1.807, 2.05) is 4.90 Å². The maximum absolute atomic E-state index is 11.9. The average molecular weight is 201 g/mol. The Morgan fingerprint density at radius 3 is 3.13 bits per heavy atom. The molecule has 0 bridgehead atoms. The topological polar surface area (TPSA) is 20.3 Å². The Morgan fingerprint density at radius 1 is 1.40 bits per heavy atom. The molecule has 0 saturated heterocycles. The van der Waals surface area contributed by atoms with E-state index in [1.54, 1.807) is 0 Å². The molecule has 3 rings (SSSR count). The highest BCUT2D eigenvalue weighted by atomic mass is 16.2. The first-order valence-electron chi connectivity index (χ1n) is 5.69. The monoisotopic (exact) mass is 201 g/mol. The second-order valence-corrected chi connectivity index (χ2v) is 4.61. The van der Waals surface area contributed by atoms with Crippen molar-refractivity contribution in [2.75, 3.05) is 11.4 Å². The summed E-state index contributed by atoms with van der Waals surface area (Å²) < 4.78 is 0. The molecule has 2 nitrogen and oxygen atoms in total. The van der Waals surface area contributed by atoms with E-state index in [4.69, 9.17) is 0 Å². The van der Waals surface area contributed by atoms with Crippen molar-refractivity contribution < 1.29 is 4.79 Å². The maximum Gasteiger partial charge on any atom is 0.227 e. The lowest BCUT2D eigenvalue weighted by molar-refractivity contribution is -0.119. The number of rotatable bonds is 0. The lowest BCUT2D eigenvalue weighted by Crippen LogP contribution is -2.40. The molecule has 1 aromatic carbocycles. The summed E-state index contributed by atoms with van der Waals surface area (Å²) in [5.41, 5.74) is 3.96. The van der Waals surface area contributed by atoms with Crippen LogP contribution in [0.3, 0.4) is 0 Å². The number of benzene rings is 1. The van der Waals surface area contributed by atoms with Gasteiger partial charge in [0.25, 0.3) is 0 Å². The quantitative estimate of drug-likeness (QED) is 0.631. The van der Waals surface area contributed by atoms with E-state index in [1.165, 1.54) is 16.8 Å². The van der Waals surface area contributed by atoms with E-state index < -0.39 is 0 Å². The predicted molar refractivity (Wildman–Crippen MR) is 60.1 cm³/mol. The minimum absolute atomic E-state index is 0.308. The second kappa shape index (κ2) is 3.09. The fraction of sp³-hybridized carbons (Fsp3) is 0.462. The minimum atomic E-state index is 0.308. The summed E-state index contributed by atoms with van der Waals surface area (Å²) in [5.74, 6) is 0.698. The third kappa shape index (κ3) is 1.21. The van der Waals surface area contributed by atoms with Crippen molar-refractivity contribution in [2.45, 2.75) is 32.1 Å². The van der Waals surface area contributed by atoms with Crippen LogP contribution in [0.15, 0.2) is 18.2 Å². The first-order valence-corrected chi connectivity index (χ1v) is 5.69. The average Bonchev–Trinajstić information content (AvgIpc) is 2.25. The summed E-state index contributed by atoms with van der Waals surface area (Å²) >= 11 is 0. The number of hydrogen-bond acceptors (Lipinski definition) is 1. The van der Waals surface area contributed by atoms with Gasteiger partial charge in [0, 0.05) is 13.0 Å².